The van der Waals surface area contributed by atoms with E-state index in [1.807, 2.05) is 0 Å². The number of benzene rings is 1. The largest absolute Gasteiger partial charge is 0.507 e. The monoisotopic (exact) mass is 289 g/mol. The fraction of sp³-hybridized carbons (Fsp3) is 0.650. The summed E-state index contributed by atoms with van der Waals surface area (Å²) in [5, 5.41) is 10.7. The molecule has 0 aromatic heterocycles. The minimum absolute atomic E-state index is 0.0343. The summed E-state index contributed by atoms with van der Waals surface area (Å²) in [6.07, 6.45) is 5.76. The quantitative estimate of drug-likeness (QED) is 0.667. The summed E-state index contributed by atoms with van der Waals surface area (Å²) in [5.74, 6) is 0.483. The van der Waals surface area contributed by atoms with Crippen LogP contribution in [0.15, 0.2) is 12.1 Å². The van der Waals surface area contributed by atoms with Crippen LogP contribution in [0.1, 0.15) is 83.9 Å². The van der Waals surface area contributed by atoms with Crippen molar-refractivity contribution in [1.82, 2.24) is 0 Å². The van der Waals surface area contributed by atoms with Gasteiger partial charge in [0.05, 0.1) is 0 Å². The highest BCUT2D eigenvalue weighted by Crippen LogP contribution is 2.40. The normalized spacial score (nSPS) is 12.7. The van der Waals surface area contributed by atoms with E-state index in [9.17, 15) is 5.11 Å². The second-order valence-corrected chi connectivity index (χ2v) is 8.20. The van der Waals surface area contributed by atoms with E-state index < -0.39 is 0 Å². The van der Waals surface area contributed by atoms with E-state index in [1.165, 1.54) is 24.8 Å². The van der Waals surface area contributed by atoms with E-state index in [1.54, 1.807) is 0 Å². The average Bonchev–Trinajstić information content (AvgIpc) is 2.33. The van der Waals surface area contributed by atoms with Crippen molar-refractivity contribution in [2.45, 2.75) is 84.5 Å². The lowest BCUT2D eigenvalue weighted by Crippen LogP contribution is -2.18. The van der Waals surface area contributed by atoms with Crippen LogP contribution < -0.4 is 0 Å². The van der Waals surface area contributed by atoms with Gasteiger partial charge < -0.3 is 5.11 Å². The molecule has 0 amide bonds. The van der Waals surface area contributed by atoms with Gasteiger partial charge in [-0.2, -0.15) is 0 Å². The molecular formula is C20H33O. The van der Waals surface area contributed by atoms with Crippen LogP contribution in [-0.2, 0) is 17.3 Å². The Balaban J connectivity index is 3.15. The zero-order valence-corrected chi connectivity index (χ0v) is 14.8. The van der Waals surface area contributed by atoms with Crippen molar-refractivity contribution in [2.75, 3.05) is 0 Å². The van der Waals surface area contributed by atoms with Gasteiger partial charge >= 0.3 is 0 Å². The molecule has 0 saturated heterocycles. The van der Waals surface area contributed by atoms with Gasteiger partial charge in [0.25, 0.3) is 0 Å². The van der Waals surface area contributed by atoms with E-state index in [0.29, 0.717) is 5.75 Å². The fourth-order valence-electron chi connectivity index (χ4n) is 2.66. The zero-order chi connectivity index (χ0) is 16.3. The minimum atomic E-state index is -0.0343. The molecule has 0 saturated carbocycles. The summed E-state index contributed by atoms with van der Waals surface area (Å²) in [6, 6.07) is 4.41. The van der Waals surface area contributed by atoms with Crippen molar-refractivity contribution < 1.29 is 5.11 Å². The molecule has 0 aliphatic rings. The molecule has 0 atom stereocenters. The van der Waals surface area contributed by atoms with Crippen LogP contribution >= 0.6 is 0 Å². The standard InChI is InChI=1S/C20H33O/c1-8-9-10-11-12-15-13-16(19(2,3)4)18(21)17(14-15)20(5,6)7/h13-14,21H,1,8-12H2,2-7H3. The maximum absolute atomic E-state index is 10.7. The van der Waals surface area contributed by atoms with E-state index >= 15 is 0 Å². The number of aryl methyl sites for hydroxylation is 1. The Kier molecular flexibility index (Phi) is 5.90. The Labute approximate surface area is 131 Å². The second-order valence-electron chi connectivity index (χ2n) is 8.20. The molecular weight excluding hydrogens is 256 g/mol. The Bertz CT molecular complexity index is 423. The SMILES string of the molecule is [CH2]CCCCCc1cc(C(C)(C)C)c(O)c(C(C)(C)C)c1. The predicted octanol–water partition coefficient (Wildman–Crippen LogP) is 5.92. The maximum atomic E-state index is 10.7. The molecule has 0 unspecified atom stereocenters. The summed E-state index contributed by atoms with van der Waals surface area (Å²) in [4.78, 5) is 0. The molecule has 1 radical (unpaired) electrons. The molecule has 0 fully saturated rings. The van der Waals surface area contributed by atoms with Gasteiger partial charge in [0.2, 0.25) is 0 Å². The lowest BCUT2D eigenvalue weighted by Gasteiger charge is -2.28. The lowest BCUT2D eigenvalue weighted by atomic mass is 9.78. The van der Waals surface area contributed by atoms with Crippen molar-refractivity contribution in [3.05, 3.63) is 35.7 Å². The molecule has 1 rings (SSSR count). The van der Waals surface area contributed by atoms with Gasteiger partial charge in [-0.25, -0.2) is 0 Å². The number of phenols is 1. The highest BCUT2D eigenvalue weighted by atomic mass is 16.3. The first-order chi connectivity index (χ1) is 9.57. The lowest BCUT2D eigenvalue weighted by molar-refractivity contribution is 0.422. The molecule has 0 aliphatic carbocycles. The van der Waals surface area contributed by atoms with Crippen LogP contribution in [0.5, 0.6) is 5.75 Å². The Morgan fingerprint density at radius 3 is 1.71 bits per heavy atom. The number of rotatable bonds is 5. The van der Waals surface area contributed by atoms with Crippen molar-refractivity contribution in [3.63, 3.8) is 0 Å². The Hall–Kier alpha value is -0.980. The first-order valence-corrected chi connectivity index (χ1v) is 8.23. The third-order valence-corrected chi connectivity index (χ3v) is 4.00. The van der Waals surface area contributed by atoms with Crippen molar-refractivity contribution in [3.8, 4) is 5.75 Å². The van der Waals surface area contributed by atoms with Crippen LogP contribution in [0.3, 0.4) is 0 Å². The number of unbranched alkanes of at least 4 members (excludes halogenated alkanes) is 3. The molecule has 1 nitrogen and oxygen atoms in total. The van der Waals surface area contributed by atoms with Gasteiger partial charge in [0, 0.05) is 0 Å². The van der Waals surface area contributed by atoms with E-state index in [2.05, 4.69) is 60.6 Å². The average molecular weight is 289 g/mol. The van der Waals surface area contributed by atoms with Crippen LogP contribution in [0.4, 0.5) is 0 Å². The molecule has 0 aliphatic heterocycles. The van der Waals surface area contributed by atoms with Crippen molar-refractivity contribution in [2.24, 2.45) is 0 Å². The minimum Gasteiger partial charge on any atom is -0.507 e. The van der Waals surface area contributed by atoms with Gasteiger partial charge in [-0.05, 0) is 40.4 Å². The van der Waals surface area contributed by atoms with E-state index in [4.69, 9.17) is 0 Å². The smallest absolute Gasteiger partial charge is 0.123 e. The molecule has 21 heavy (non-hydrogen) atoms. The number of hydrogen-bond donors (Lipinski definition) is 1. The fourth-order valence-corrected chi connectivity index (χ4v) is 2.66. The van der Waals surface area contributed by atoms with Gasteiger partial charge in [0.1, 0.15) is 5.75 Å². The number of aromatic hydroxyl groups is 1. The highest BCUT2D eigenvalue weighted by Gasteiger charge is 2.26. The molecule has 1 heteroatoms. The highest BCUT2D eigenvalue weighted by molar-refractivity contribution is 5.49. The van der Waals surface area contributed by atoms with E-state index in [-0.39, 0.29) is 10.8 Å². The number of hydrogen-bond acceptors (Lipinski definition) is 1. The Morgan fingerprint density at radius 2 is 1.33 bits per heavy atom. The first-order valence-electron chi connectivity index (χ1n) is 8.23. The number of phenolic OH excluding ortho intramolecular Hbond substituents is 1. The summed E-state index contributed by atoms with van der Waals surface area (Å²) < 4.78 is 0. The van der Waals surface area contributed by atoms with Gasteiger partial charge in [-0.3, -0.25) is 0 Å². The van der Waals surface area contributed by atoms with Crippen LogP contribution in [-0.4, -0.2) is 5.11 Å². The predicted molar refractivity (Wildman–Crippen MR) is 93.0 cm³/mol. The second kappa shape index (κ2) is 6.85. The Morgan fingerprint density at radius 1 is 0.857 bits per heavy atom. The van der Waals surface area contributed by atoms with Crippen molar-refractivity contribution in [1.29, 1.82) is 0 Å². The van der Waals surface area contributed by atoms with Crippen molar-refractivity contribution >= 4 is 0 Å². The summed E-state index contributed by atoms with van der Waals surface area (Å²) >= 11 is 0. The molecule has 1 N–H and O–H groups in total. The van der Waals surface area contributed by atoms with Gasteiger partial charge in [0.15, 0.2) is 0 Å². The molecule has 1 aromatic rings. The summed E-state index contributed by atoms with van der Waals surface area (Å²) in [6.45, 7) is 16.9. The molecule has 1 aromatic carbocycles. The molecule has 0 spiro atoms. The van der Waals surface area contributed by atoms with Crippen LogP contribution in [0.25, 0.3) is 0 Å². The van der Waals surface area contributed by atoms with Crippen LogP contribution in [0, 0.1) is 6.92 Å². The molecule has 0 bridgehead atoms. The first kappa shape index (κ1) is 18.1. The topological polar surface area (TPSA) is 20.2 Å². The molecule has 0 heterocycles. The third-order valence-electron chi connectivity index (χ3n) is 4.00. The summed E-state index contributed by atoms with van der Waals surface area (Å²) in [7, 11) is 0. The molecule has 119 valence electrons. The third kappa shape index (κ3) is 5.05. The maximum Gasteiger partial charge on any atom is 0.123 e. The summed E-state index contributed by atoms with van der Waals surface area (Å²) in [5.41, 5.74) is 3.43. The van der Waals surface area contributed by atoms with Gasteiger partial charge in [-0.1, -0.05) is 79.9 Å². The van der Waals surface area contributed by atoms with Gasteiger partial charge in [-0.15, -0.1) is 0 Å². The zero-order valence-electron chi connectivity index (χ0n) is 14.8. The van der Waals surface area contributed by atoms with E-state index in [0.717, 1.165) is 24.0 Å². The van der Waals surface area contributed by atoms with Crippen LogP contribution in [0.2, 0.25) is 0 Å².